The van der Waals surface area contributed by atoms with Crippen LogP contribution in [0.15, 0.2) is 4.99 Å². The summed E-state index contributed by atoms with van der Waals surface area (Å²) in [5.74, 6) is 0.785. The Morgan fingerprint density at radius 2 is 2.00 bits per heavy atom. The molecular weight excluding hydrogens is 346 g/mol. The van der Waals surface area contributed by atoms with E-state index in [0.29, 0.717) is 13.2 Å². The molecule has 152 valence electrons. The van der Waals surface area contributed by atoms with Gasteiger partial charge in [-0.1, -0.05) is 0 Å². The summed E-state index contributed by atoms with van der Waals surface area (Å²) >= 11 is 0. The first-order chi connectivity index (χ1) is 13.0. The summed E-state index contributed by atoms with van der Waals surface area (Å²) in [4.78, 5) is 18.8. The number of esters is 1. The van der Waals surface area contributed by atoms with Gasteiger partial charge in [0.2, 0.25) is 0 Å². The van der Waals surface area contributed by atoms with Gasteiger partial charge in [-0.05, 0) is 33.6 Å². The number of carbonyl (C=O) groups is 1. The third-order valence-electron chi connectivity index (χ3n) is 5.09. The Morgan fingerprint density at radius 1 is 1.30 bits per heavy atom. The number of aliphatic imine (C=N–C) groups is 1. The number of methoxy groups -OCH3 is 2. The largest absolute Gasteiger partial charge is 0.469 e. The summed E-state index contributed by atoms with van der Waals surface area (Å²) < 4.78 is 12.0. The van der Waals surface area contributed by atoms with Crippen molar-refractivity contribution in [1.82, 2.24) is 20.0 Å². The lowest BCUT2D eigenvalue weighted by Gasteiger charge is -2.33. The van der Waals surface area contributed by atoms with Gasteiger partial charge in [-0.25, -0.2) is 4.99 Å². The molecule has 1 fully saturated rings. The minimum atomic E-state index is -0.105. The van der Waals surface area contributed by atoms with Crippen LogP contribution in [0.2, 0.25) is 0 Å². The highest BCUT2D eigenvalue weighted by Gasteiger charge is 2.27. The molecule has 1 aliphatic rings. The summed E-state index contributed by atoms with van der Waals surface area (Å²) in [7, 11) is 3.15. The molecule has 0 aromatic carbocycles. The maximum atomic E-state index is 11.7. The Labute approximate surface area is 161 Å². The maximum absolute atomic E-state index is 11.7. The van der Waals surface area contributed by atoms with Crippen molar-refractivity contribution in [3.8, 4) is 0 Å². The van der Waals surface area contributed by atoms with Crippen LogP contribution in [0, 0.1) is 19.8 Å². The molecule has 0 unspecified atom stereocenters. The highest BCUT2D eigenvalue weighted by atomic mass is 16.5. The maximum Gasteiger partial charge on any atom is 0.308 e. The minimum Gasteiger partial charge on any atom is -0.469 e. The number of likely N-dealkylation sites (tertiary alicyclic amines) is 1. The molecule has 0 amide bonds. The highest BCUT2D eigenvalue weighted by Crippen LogP contribution is 2.19. The number of rotatable bonds is 7. The van der Waals surface area contributed by atoms with Crippen LogP contribution in [0.3, 0.4) is 0 Å². The molecule has 0 bridgehead atoms. The SMILES string of the molecule is CCNC(=NCc1c(C)nn(CCOC)c1C)N1CCC(C(=O)OC)CC1. The Balaban J connectivity index is 2.06. The van der Waals surface area contributed by atoms with Crippen molar-refractivity contribution in [1.29, 1.82) is 0 Å². The zero-order chi connectivity index (χ0) is 19.8. The number of nitrogens with one attached hydrogen (secondary N) is 1. The molecule has 2 heterocycles. The van der Waals surface area contributed by atoms with E-state index in [9.17, 15) is 4.79 Å². The molecule has 8 heteroatoms. The molecule has 0 saturated carbocycles. The Kier molecular flexibility index (Phi) is 8.09. The topological polar surface area (TPSA) is 81.0 Å². The highest BCUT2D eigenvalue weighted by molar-refractivity contribution is 5.80. The molecule has 0 atom stereocenters. The number of piperidine rings is 1. The fraction of sp³-hybridized carbons (Fsp3) is 0.737. The molecule has 27 heavy (non-hydrogen) atoms. The molecule has 0 spiro atoms. The zero-order valence-corrected chi connectivity index (χ0v) is 17.2. The summed E-state index contributed by atoms with van der Waals surface area (Å²) in [5, 5.41) is 7.98. The van der Waals surface area contributed by atoms with E-state index in [4.69, 9.17) is 14.5 Å². The molecule has 1 aromatic heterocycles. The number of ether oxygens (including phenoxy) is 2. The quantitative estimate of drug-likeness (QED) is 0.439. The third-order valence-corrected chi connectivity index (χ3v) is 5.09. The van der Waals surface area contributed by atoms with E-state index in [2.05, 4.69) is 29.2 Å². The molecule has 1 saturated heterocycles. The minimum absolute atomic E-state index is 0.00219. The van der Waals surface area contributed by atoms with Crippen LogP contribution >= 0.6 is 0 Å². The fourth-order valence-electron chi connectivity index (χ4n) is 3.43. The van der Waals surface area contributed by atoms with Gasteiger partial charge in [-0.2, -0.15) is 5.10 Å². The summed E-state index contributed by atoms with van der Waals surface area (Å²) in [6.45, 7) is 10.6. The van der Waals surface area contributed by atoms with Crippen LogP contribution in [0.5, 0.6) is 0 Å². The van der Waals surface area contributed by atoms with Crippen molar-refractivity contribution in [3.05, 3.63) is 17.0 Å². The van der Waals surface area contributed by atoms with Crippen molar-refractivity contribution < 1.29 is 14.3 Å². The monoisotopic (exact) mass is 379 g/mol. The van der Waals surface area contributed by atoms with E-state index >= 15 is 0 Å². The second-order valence-corrected chi connectivity index (χ2v) is 6.82. The summed E-state index contributed by atoms with van der Waals surface area (Å²) in [6, 6.07) is 0. The van der Waals surface area contributed by atoms with Crippen molar-refractivity contribution in [2.24, 2.45) is 10.9 Å². The van der Waals surface area contributed by atoms with E-state index in [0.717, 1.165) is 61.9 Å². The third kappa shape index (κ3) is 5.45. The second kappa shape index (κ2) is 10.3. The van der Waals surface area contributed by atoms with Crippen LogP contribution < -0.4 is 5.32 Å². The van der Waals surface area contributed by atoms with Crippen LogP contribution in [0.25, 0.3) is 0 Å². The average molecular weight is 380 g/mol. The lowest BCUT2D eigenvalue weighted by atomic mass is 9.97. The Bertz CT molecular complexity index is 648. The average Bonchev–Trinajstić information content (AvgIpc) is 2.96. The predicted octanol–water partition coefficient (Wildman–Crippen LogP) is 1.50. The van der Waals surface area contributed by atoms with Gasteiger partial charge in [-0.3, -0.25) is 9.48 Å². The van der Waals surface area contributed by atoms with E-state index in [1.54, 1.807) is 7.11 Å². The lowest BCUT2D eigenvalue weighted by molar-refractivity contribution is -0.146. The van der Waals surface area contributed by atoms with Gasteiger partial charge in [0.05, 0.1) is 38.4 Å². The molecule has 1 aromatic rings. The number of aromatic nitrogens is 2. The van der Waals surface area contributed by atoms with Crippen molar-refractivity contribution >= 4 is 11.9 Å². The molecular formula is C19H33N5O3. The molecule has 8 nitrogen and oxygen atoms in total. The zero-order valence-electron chi connectivity index (χ0n) is 17.2. The van der Waals surface area contributed by atoms with Crippen molar-refractivity contribution in [2.75, 3.05) is 40.5 Å². The van der Waals surface area contributed by atoms with E-state index in [1.165, 1.54) is 7.11 Å². The van der Waals surface area contributed by atoms with Crippen molar-refractivity contribution in [2.45, 2.75) is 46.7 Å². The van der Waals surface area contributed by atoms with Gasteiger partial charge >= 0.3 is 5.97 Å². The van der Waals surface area contributed by atoms with E-state index in [-0.39, 0.29) is 11.9 Å². The van der Waals surface area contributed by atoms with Gasteiger partial charge < -0.3 is 19.7 Å². The van der Waals surface area contributed by atoms with Crippen LogP contribution in [0.4, 0.5) is 0 Å². The van der Waals surface area contributed by atoms with E-state index in [1.807, 2.05) is 11.6 Å². The first-order valence-corrected chi connectivity index (χ1v) is 9.64. The molecule has 1 aliphatic heterocycles. The number of nitrogens with zero attached hydrogens (tertiary/aromatic N) is 4. The number of aryl methyl sites for hydroxylation is 1. The predicted molar refractivity (Wildman–Crippen MR) is 105 cm³/mol. The summed E-state index contributed by atoms with van der Waals surface area (Å²) in [5.41, 5.74) is 3.30. The molecule has 0 aliphatic carbocycles. The first-order valence-electron chi connectivity index (χ1n) is 9.64. The van der Waals surface area contributed by atoms with E-state index < -0.39 is 0 Å². The lowest BCUT2D eigenvalue weighted by Crippen LogP contribution is -2.46. The Hall–Kier alpha value is -2.09. The van der Waals surface area contributed by atoms with Crippen molar-refractivity contribution in [3.63, 3.8) is 0 Å². The van der Waals surface area contributed by atoms with Gasteiger partial charge in [0, 0.05) is 38.0 Å². The number of guanidine groups is 1. The molecule has 1 N–H and O–H groups in total. The second-order valence-electron chi connectivity index (χ2n) is 6.82. The van der Waals surface area contributed by atoms with Crippen LogP contribution in [0.1, 0.15) is 36.7 Å². The molecule has 0 radical (unpaired) electrons. The standard InChI is InChI=1S/C19H33N5O3/c1-6-20-19(23-9-7-16(8-10-23)18(25)27-5)21-13-17-14(2)22-24(15(17)3)11-12-26-4/h16H,6-13H2,1-5H3,(H,20,21). The van der Waals surface area contributed by atoms with Gasteiger partial charge in [0.1, 0.15) is 0 Å². The first kappa shape index (κ1) is 21.2. The van der Waals surface area contributed by atoms with Gasteiger partial charge in [0.15, 0.2) is 5.96 Å². The normalized spacial score (nSPS) is 15.9. The number of carbonyl (C=O) groups excluding carboxylic acids is 1. The smallest absolute Gasteiger partial charge is 0.308 e. The Morgan fingerprint density at radius 3 is 2.59 bits per heavy atom. The summed E-state index contributed by atoms with van der Waals surface area (Å²) in [6.07, 6.45) is 1.59. The van der Waals surface area contributed by atoms with Crippen LogP contribution in [-0.2, 0) is 27.4 Å². The fourth-order valence-corrected chi connectivity index (χ4v) is 3.43. The number of hydrogen-bond donors (Lipinski definition) is 1. The van der Waals surface area contributed by atoms with Gasteiger partial charge in [0.25, 0.3) is 0 Å². The molecule has 2 rings (SSSR count). The number of hydrogen-bond acceptors (Lipinski definition) is 5. The van der Waals surface area contributed by atoms with Crippen LogP contribution in [-0.4, -0.2) is 67.1 Å². The van der Waals surface area contributed by atoms with Gasteiger partial charge in [-0.15, -0.1) is 0 Å².